The van der Waals surface area contributed by atoms with Crippen LogP contribution in [0.2, 0.25) is 0 Å². The lowest BCUT2D eigenvalue weighted by Gasteiger charge is -2.09. The number of nitrogens with one attached hydrogen (secondary N) is 1. The van der Waals surface area contributed by atoms with Crippen LogP contribution in [0, 0.1) is 20.8 Å². The van der Waals surface area contributed by atoms with Gasteiger partial charge in [-0.05, 0) is 37.6 Å². The fourth-order valence-corrected chi connectivity index (χ4v) is 3.16. The fourth-order valence-electron chi connectivity index (χ4n) is 2.10. The lowest BCUT2D eigenvalue weighted by Crippen LogP contribution is -2.13. The van der Waals surface area contributed by atoms with Gasteiger partial charge in [-0.15, -0.1) is 10.2 Å². The molecule has 0 radical (unpaired) electrons. The topological polar surface area (TPSA) is 98.2 Å². The zero-order valence-corrected chi connectivity index (χ0v) is 13.6. The SMILES string of the molecule is Cc1ccc(NS(=O)(=O)c2ccc(-c3nnc(C)o3)o2)c(C)c1. The van der Waals surface area contributed by atoms with Gasteiger partial charge in [0.1, 0.15) is 0 Å². The number of aromatic nitrogens is 2. The first kappa shape index (κ1) is 15.3. The molecule has 0 saturated carbocycles. The Labute approximate surface area is 133 Å². The molecule has 0 atom stereocenters. The Hall–Kier alpha value is -2.61. The first-order valence-corrected chi connectivity index (χ1v) is 8.34. The maximum absolute atomic E-state index is 12.4. The Kier molecular flexibility index (Phi) is 3.69. The van der Waals surface area contributed by atoms with Crippen molar-refractivity contribution in [2.24, 2.45) is 0 Å². The highest BCUT2D eigenvalue weighted by atomic mass is 32.2. The minimum atomic E-state index is -3.84. The number of benzene rings is 1. The van der Waals surface area contributed by atoms with E-state index in [0.29, 0.717) is 11.6 Å². The van der Waals surface area contributed by atoms with Gasteiger partial charge in [-0.25, -0.2) is 0 Å². The Morgan fingerprint density at radius 3 is 2.43 bits per heavy atom. The number of hydrogen-bond acceptors (Lipinski definition) is 6. The van der Waals surface area contributed by atoms with Crippen LogP contribution in [0.15, 0.2) is 44.3 Å². The van der Waals surface area contributed by atoms with Crippen LogP contribution in [0.1, 0.15) is 17.0 Å². The van der Waals surface area contributed by atoms with Crippen molar-refractivity contribution in [3.05, 3.63) is 47.3 Å². The molecule has 2 heterocycles. The van der Waals surface area contributed by atoms with E-state index in [1.807, 2.05) is 26.0 Å². The summed E-state index contributed by atoms with van der Waals surface area (Å²) in [6.07, 6.45) is 0. The summed E-state index contributed by atoms with van der Waals surface area (Å²) in [5.74, 6) is 0.705. The Balaban J connectivity index is 1.89. The van der Waals surface area contributed by atoms with E-state index >= 15 is 0 Å². The quantitative estimate of drug-likeness (QED) is 0.788. The van der Waals surface area contributed by atoms with E-state index in [0.717, 1.165) is 11.1 Å². The number of nitrogens with zero attached hydrogens (tertiary/aromatic N) is 2. The molecule has 0 fully saturated rings. The summed E-state index contributed by atoms with van der Waals surface area (Å²) in [5.41, 5.74) is 2.38. The molecule has 23 heavy (non-hydrogen) atoms. The highest BCUT2D eigenvalue weighted by Gasteiger charge is 2.22. The third kappa shape index (κ3) is 3.11. The molecule has 0 aliphatic carbocycles. The zero-order valence-electron chi connectivity index (χ0n) is 12.8. The van der Waals surface area contributed by atoms with E-state index in [9.17, 15) is 8.42 Å². The lowest BCUT2D eigenvalue weighted by molar-refractivity contribution is 0.439. The normalized spacial score (nSPS) is 11.6. The highest BCUT2D eigenvalue weighted by Crippen LogP contribution is 2.26. The summed E-state index contributed by atoms with van der Waals surface area (Å²) in [5, 5.41) is 7.25. The van der Waals surface area contributed by atoms with E-state index in [1.54, 1.807) is 13.0 Å². The van der Waals surface area contributed by atoms with Crippen molar-refractivity contribution in [1.82, 2.24) is 10.2 Å². The third-order valence-electron chi connectivity index (χ3n) is 3.21. The second-order valence-corrected chi connectivity index (χ2v) is 6.78. The van der Waals surface area contributed by atoms with Crippen molar-refractivity contribution in [1.29, 1.82) is 0 Å². The molecule has 8 heteroatoms. The van der Waals surface area contributed by atoms with Crippen LogP contribution >= 0.6 is 0 Å². The second-order valence-electron chi connectivity index (χ2n) is 5.17. The van der Waals surface area contributed by atoms with Crippen LogP contribution in [0.4, 0.5) is 5.69 Å². The molecule has 1 aromatic carbocycles. The maximum atomic E-state index is 12.4. The van der Waals surface area contributed by atoms with Gasteiger partial charge in [0.2, 0.25) is 11.0 Å². The predicted octanol–water partition coefficient (Wildman–Crippen LogP) is 3.06. The van der Waals surface area contributed by atoms with Crippen LogP contribution in [-0.2, 0) is 10.0 Å². The van der Waals surface area contributed by atoms with Crippen molar-refractivity contribution < 1.29 is 17.3 Å². The first-order valence-electron chi connectivity index (χ1n) is 6.85. The van der Waals surface area contributed by atoms with Gasteiger partial charge in [0, 0.05) is 6.92 Å². The molecular formula is C15H15N3O4S. The average Bonchev–Trinajstić information content (AvgIpc) is 3.10. The van der Waals surface area contributed by atoms with Gasteiger partial charge in [0.15, 0.2) is 5.76 Å². The molecule has 3 rings (SSSR count). The summed E-state index contributed by atoms with van der Waals surface area (Å²) in [6.45, 7) is 5.41. The summed E-state index contributed by atoms with van der Waals surface area (Å²) in [6, 6.07) is 8.27. The van der Waals surface area contributed by atoms with Crippen molar-refractivity contribution in [3.8, 4) is 11.7 Å². The largest absolute Gasteiger partial charge is 0.438 e. The lowest BCUT2D eigenvalue weighted by atomic mass is 10.1. The minimum Gasteiger partial charge on any atom is -0.438 e. The van der Waals surface area contributed by atoms with Gasteiger partial charge in [0.05, 0.1) is 5.69 Å². The fraction of sp³-hybridized carbons (Fsp3) is 0.200. The molecule has 7 nitrogen and oxygen atoms in total. The molecule has 3 aromatic rings. The predicted molar refractivity (Wildman–Crippen MR) is 83.5 cm³/mol. The number of anilines is 1. The first-order chi connectivity index (χ1) is 10.8. The van der Waals surface area contributed by atoms with Crippen molar-refractivity contribution in [3.63, 3.8) is 0 Å². The molecule has 1 N–H and O–H groups in total. The van der Waals surface area contributed by atoms with Crippen molar-refractivity contribution in [2.45, 2.75) is 25.9 Å². The molecule has 0 aliphatic heterocycles. The minimum absolute atomic E-state index is 0.135. The molecular weight excluding hydrogens is 318 g/mol. The molecule has 0 aliphatic rings. The van der Waals surface area contributed by atoms with Crippen LogP contribution in [-0.4, -0.2) is 18.6 Å². The summed E-state index contributed by atoms with van der Waals surface area (Å²) >= 11 is 0. The van der Waals surface area contributed by atoms with Gasteiger partial charge >= 0.3 is 0 Å². The van der Waals surface area contributed by atoms with Gasteiger partial charge in [-0.2, -0.15) is 8.42 Å². The second kappa shape index (κ2) is 5.54. The van der Waals surface area contributed by atoms with Gasteiger partial charge in [0.25, 0.3) is 15.9 Å². The third-order valence-corrected chi connectivity index (χ3v) is 4.45. The van der Waals surface area contributed by atoms with E-state index < -0.39 is 10.0 Å². The number of hydrogen-bond donors (Lipinski definition) is 1. The monoisotopic (exact) mass is 333 g/mol. The number of furan rings is 1. The standard InChI is InChI=1S/C15H15N3O4S/c1-9-4-5-12(10(2)8-9)18-23(19,20)14-7-6-13(22-14)15-17-16-11(3)21-15/h4-8,18H,1-3H3. The number of rotatable bonds is 4. The van der Waals surface area contributed by atoms with E-state index in [-0.39, 0.29) is 16.7 Å². The highest BCUT2D eigenvalue weighted by molar-refractivity contribution is 7.92. The van der Waals surface area contributed by atoms with Crippen LogP contribution < -0.4 is 4.72 Å². The van der Waals surface area contributed by atoms with Crippen LogP contribution in [0.25, 0.3) is 11.7 Å². The Morgan fingerprint density at radius 2 is 1.78 bits per heavy atom. The maximum Gasteiger partial charge on any atom is 0.295 e. The Morgan fingerprint density at radius 1 is 1.00 bits per heavy atom. The molecule has 0 amide bonds. The van der Waals surface area contributed by atoms with E-state index in [4.69, 9.17) is 8.83 Å². The number of aryl methyl sites for hydroxylation is 3. The van der Waals surface area contributed by atoms with E-state index in [2.05, 4.69) is 14.9 Å². The average molecular weight is 333 g/mol. The summed E-state index contributed by atoms with van der Waals surface area (Å²) in [7, 11) is -3.84. The van der Waals surface area contributed by atoms with Crippen molar-refractivity contribution >= 4 is 15.7 Å². The van der Waals surface area contributed by atoms with Crippen LogP contribution in [0.3, 0.4) is 0 Å². The molecule has 2 aromatic heterocycles. The van der Waals surface area contributed by atoms with Gasteiger partial charge in [-0.3, -0.25) is 4.72 Å². The van der Waals surface area contributed by atoms with Gasteiger partial charge < -0.3 is 8.83 Å². The molecule has 0 bridgehead atoms. The summed E-state index contributed by atoms with van der Waals surface area (Å²) < 4.78 is 37.9. The van der Waals surface area contributed by atoms with E-state index in [1.165, 1.54) is 12.1 Å². The zero-order chi connectivity index (χ0) is 16.6. The molecule has 0 saturated heterocycles. The van der Waals surface area contributed by atoms with Crippen molar-refractivity contribution in [2.75, 3.05) is 4.72 Å². The van der Waals surface area contributed by atoms with Gasteiger partial charge in [-0.1, -0.05) is 17.7 Å². The molecule has 0 spiro atoms. The van der Waals surface area contributed by atoms with Crippen LogP contribution in [0.5, 0.6) is 0 Å². The number of sulfonamides is 1. The Bertz CT molecular complexity index is 957. The molecule has 120 valence electrons. The smallest absolute Gasteiger partial charge is 0.295 e. The molecule has 0 unspecified atom stereocenters. The summed E-state index contributed by atoms with van der Waals surface area (Å²) in [4.78, 5) is 0.